The molecule has 1 heterocycles. The maximum atomic E-state index is 2.47. The van der Waals surface area contributed by atoms with Crippen LogP contribution in [-0.2, 0) is 11.8 Å². The second-order valence-corrected chi connectivity index (χ2v) is 13.7. The second kappa shape index (κ2) is 11.9. The average molecular weight is 650 g/mol. The van der Waals surface area contributed by atoms with Gasteiger partial charge in [0.05, 0.1) is 16.4 Å². The minimum Gasteiger partial charge on any atom is -0.309 e. The Hall–Kier alpha value is -6.44. The number of para-hydroxylation sites is 2. The van der Waals surface area contributed by atoms with Crippen molar-refractivity contribution in [3.8, 4) is 27.9 Å². The average Bonchev–Trinajstić information content (AvgIpc) is 3.70. The van der Waals surface area contributed by atoms with Gasteiger partial charge in [0.1, 0.15) is 0 Å². The molecule has 0 unspecified atom stereocenters. The summed E-state index contributed by atoms with van der Waals surface area (Å²) < 4.78 is 2.37. The fourth-order valence-corrected chi connectivity index (χ4v) is 8.66. The molecule has 10 rings (SSSR count). The van der Waals surface area contributed by atoms with Crippen molar-refractivity contribution in [2.24, 2.45) is 0 Å². The maximum Gasteiger partial charge on any atom is 0.0713 e. The highest BCUT2D eigenvalue weighted by molar-refractivity contribution is 6.09. The van der Waals surface area contributed by atoms with Crippen LogP contribution < -0.4 is 0 Å². The highest BCUT2D eigenvalue weighted by Crippen LogP contribution is 2.56. The van der Waals surface area contributed by atoms with Crippen LogP contribution in [0.2, 0.25) is 0 Å². The Morgan fingerprint density at radius 2 is 0.863 bits per heavy atom. The predicted molar refractivity (Wildman–Crippen MR) is 213 cm³/mol. The molecule has 0 atom stereocenters. The Balaban J connectivity index is 0.984. The third-order valence-corrected chi connectivity index (χ3v) is 10.9. The molecule has 0 bridgehead atoms. The lowest BCUT2D eigenvalue weighted by Crippen LogP contribution is -2.28. The zero-order chi connectivity index (χ0) is 33.8. The number of hydrogen-bond donors (Lipinski definition) is 0. The first-order valence-corrected chi connectivity index (χ1v) is 17.8. The van der Waals surface area contributed by atoms with Gasteiger partial charge in [-0.1, -0.05) is 176 Å². The topological polar surface area (TPSA) is 4.93 Å². The molecule has 0 spiro atoms. The Kier molecular flexibility index (Phi) is 6.85. The molecular formula is C50H35N. The first-order valence-electron chi connectivity index (χ1n) is 17.8. The summed E-state index contributed by atoms with van der Waals surface area (Å²) in [7, 11) is 0. The number of benzene rings is 8. The molecule has 0 saturated carbocycles. The smallest absolute Gasteiger partial charge is 0.0713 e. The minimum absolute atomic E-state index is 0.375. The number of fused-ring (bicyclic) bond motifs is 6. The Morgan fingerprint density at radius 3 is 1.49 bits per heavy atom. The molecule has 0 N–H and O–H groups in total. The van der Waals surface area contributed by atoms with Crippen LogP contribution >= 0.6 is 0 Å². The molecule has 240 valence electrons. The molecule has 0 amide bonds. The van der Waals surface area contributed by atoms with Gasteiger partial charge >= 0.3 is 0 Å². The SMILES string of the molecule is c1ccc(C2(c3ccccc3)c3ccccc3-c3ccc(Cc4ccc(-c5ccc(-n6c7ccccc7c7ccccc76)cc5)cc4)cc32)cc1. The fraction of sp³-hybridized carbons (Fsp3) is 0.0400. The van der Waals surface area contributed by atoms with Gasteiger partial charge in [0.15, 0.2) is 0 Å². The molecule has 1 nitrogen and oxygen atoms in total. The Bertz CT molecular complexity index is 2590. The van der Waals surface area contributed by atoms with Crippen LogP contribution in [0.25, 0.3) is 49.7 Å². The van der Waals surface area contributed by atoms with E-state index >= 15 is 0 Å². The summed E-state index contributed by atoms with van der Waals surface area (Å²) >= 11 is 0. The quantitative estimate of drug-likeness (QED) is 0.169. The van der Waals surface area contributed by atoms with Gasteiger partial charge in [0, 0.05) is 16.5 Å². The lowest BCUT2D eigenvalue weighted by Gasteiger charge is -2.34. The number of rotatable bonds is 6. The molecule has 0 saturated heterocycles. The van der Waals surface area contributed by atoms with E-state index in [2.05, 4.69) is 205 Å². The molecule has 1 aliphatic rings. The van der Waals surface area contributed by atoms with Gasteiger partial charge in [0.25, 0.3) is 0 Å². The van der Waals surface area contributed by atoms with Crippen molar-refractivity contribution in [3.05, 3.63) is 234 Å². The van der Waals surface area contributed by atoms with Crippen LogP contribution in [0.4, 0.5) is 0 Å². The van der Waals surface area contributed by atoms with Crippen LogP contribution in [0.3, 0.4) is 0 Å². The van der Waals surface area contributed by atoms with Gasteiger partial charge in [-0.2, -0.15) is 0 Å². The van der Waals surface area contributed by atoms with E-state index in [0.29, 0.717) is 0 Å². The third-order valence-electron chi connectivity index (χ3n) is 10.9. The zero-order valence-corrected chi connectivity index (χ0v) is 28.2. The summed E-state index contributed by atoms with van der Waals surface area (Å²) in [6.45, 7) is 0. The van der Waals surface area contributed by atoms with Crippen LogP contribution in [0.15, 0.2) is 200 Å². The molecule has 51 heavy (non-hydrogen) atoms. The summed E-state index contributed by atoms with van der Waals surface area (Å²) in [5.41, 5.74) is 16.3. The maximum absolute atomic E-state index is 2.47. The summed E-state index contributed by atoms with van der Waals surface area (Å²) in [5.74, 6) is 0. The molecule has 0 fully saturated rings. The van der Waals surface area contributed by atoms with Crippen molar-refractivity contribution < 1.29 is 0 Å². The van der Waals surface area contributed by atoms with Gasteiger partial charge in [-0.05, 0) is 86.3 Å². The summed E-state index contributed by atoms with van der Waals surface area (Å²) in [5, 5.41) is 2.57. The summed E-state index contributed by atoms with van der Waals surface area (Å²) in [6.07, 6.45) is 0.871. The van der Waals surface area contributed by atoms with Crippen LogP contribution in [-0.4, -0.2) is 4.57 Å². The Morgan fingerprint density at radius 1 is 0.373 bits per heavy atom. The number of aromatic nitrogens is 1. The van der Waals surface area contributed by atoms with Crippen LogP contribution in [0, 0.1) is 0 Å². The zero-order valence-electron chi connectivity index (χ0n) is 28.2. The van der Waals surface area contributed by atoms with E-state index in [1.54, 1.807) is 0 Å². The second-order valence-electron chi connectivity index (χ2n) is 13.7. The van der Waals surface area contributed by atoms with Gasteiger partial charge in [-0.3, -0.25) is 0 Å². The van der Waals surface area contributed by atoms with Crippen molar-refractivity contribution in [1.29, 1.82) is 0 Å². The van der Waals surface area contributed by atoms with Gasteiger partial charge in [-0.25, -0.2) is 0 Å². The largest absolute Gasteiger partial charge is 0.309 e. The normalized spacial score (nSPS) is 12.9. The Labute approximate surface area is 298 Å². The van der Waals surface area contributed by atoms with Crippen molar-refractivity contribution >= 4 is 21.8 Å². The summed E-state index contributed by atoms with van der Waals surface area (Å²) in [6, 6.07) is 73.7. The molecule has 8 aromatic carbocycles. The third kappa shape index (κ3) is 4.62. The van der Waals surface area contributed by atoms with Crippen molar-refractivity contribution in [1.82, 2.24) is 4.57 Å². The molecule has 1 aliphatic carbocycles. The highest BCUT2D eigenvalue weighted by atomic mass is 15.0. The molecule has 0 aliphatic heterocycles. The van der Waals surface area contributed by atoms with Crippen molar-refractivity contribution in [2.45, 2.75) is 11.8 Å². The summed E-state index contributed by atoms with van der Waals surface area (Å²) in [4.78, 5) is 0. The van der Waals surface area contributed by atoms with Gasteiger partial charge in [0.2, 0.25) is 0 Å². The van der Waals surface area contributed by atoms with E-state index in [1.807, 2.05) is 0 Å². The predicted octanol–water partition coefficient (Wildman–Crippen LogP) is 12.4. The molecule has 1 aromatic heterocycles. The fourth-order valence-electron chi connectivity index (χ4n) is 8.66. The van der Waals surface area contributed by atoms with E-state index < -0.39 is 0 Å². The van der Waals surface area contributed by atoms with Gasteiger partial charge in [-0.15, -0.1) is 0 Å². The first-order chi connectivity index (χ1) is 25.3. The van der Waals surface area contributed by atoms with E-state index in [9.17, 15) is 0 Å². The van der Waals surface area contributed by atoms with Crippen molar-refractivity contribution in [3.63, 3.8) is 0 Å². The number of nitrogens with zero attached hydrogens (tertiary/aromatic N) is 1. The monoisotopic (exact) mass is 649 g/mol. The lowest BCUT2D eigenvalue weighted by molar-refractivity contribution is 0.767. The first kappa shape index (κ1) is 29.5. The minimum atomic E-state index is -0.375. The van der Waals surface area contributed by atoms with E-state index in [0.717, 1.165) is 6.42 Å². The number of hydrogen-bond acceptors (Lipinski definition) is 0. The molecule has 0 radical (unpaired) electrons. The molecular weight excluding hydrogens is 615 g/mol. The molecule has 1 heteroatoms. The van der Waals surface area contributed by atoms with E-state index in [4.69, 9.17) is 0 Å². The molecule has 9 aromatic rings. The van der Waals surface area contributed by atoms with E-state index in [-0.39, 0.29) is 5.41 Å². The standard InChI is InChI=1S/C50H35N/c1-3-13-39(14-4-1)50(40-15-5-2-6-16-40)46-20-10-7-17-42(46)43-32-25-36(34-47(43)50)33-35-23-26-37(27-24-35)38-28-30-41(31-29-38)51-48-21-11-8-18-44(48)45-19-9-12-22-49(45)51/h1-32,34H,33H2. The van der Waals surface area contributed by atoms with Crippen LogP contribution in [0.5, 0.6) is 0 Å². The van der Waals surface area contributed by atoms with E-state index in [1.165, 1.54) is 83.1 Å². The highest BCUT2D eigenvalue weighted by Gasteiger charge is 2.45. The van der Waals surface area contributed by atoms with Gasteiger partial charge < -0.3 is 4.57 Å². The van der Waals surface area contributed by atoms with Crippen LogP contribution in [0.1, 0.15) is 33.4 Å². The lowest BCUT2D eigenvalue weighted by atomic mass is 9.67. The van der Waals surface area contributed by atoms with Crippen molar-refractivity contribution in [2.75, 3.05) is 0 Å².